The predicted octanol–water partition coefficient (Wildman–Crippen LogP) is 4.03. The molecule has 0 fully saturated rings. The Hall–Kier alpha value is -3.56. The van der Waals surface area contributed by atoms with Crippen LogP contribution in [-0.4, -0.2) is 28.4 Å². The third-order valence-electron chi connectivity index (χ3n) is 4.83. The Balaban J connectivity index is 2.14. The number of hydrogen-bond acceptors (Lipinski definition) is 5. The maximum absolute atomic E-state index is 12.9. The van der Waals surface area contributed by atoms with Gasteiger partial charge in [0.25, 0.3) is 5.91 Å². The summed E-state index contributed by atoms with van der Waals surface area (Å²) in [4.78, 5) is 16.7. The molecule has 178 valence electrons. The van der Waals surface area contributed by atoms with Crippen molar-refractivity contribution >= 4 is 17.9 Å². The van der Waals surface area contributed by atoms with E-state index < -0.39 is 11.7 Å². The van der Waals surface area contributed by atoms with Crippen LogP contribution in [0.5, 0.6) is 0 Å². The first-order chi connectivity index (χ1) is 15.4. The molecule has 0 aliphatic carbocycles. The third kappa shape index (κ3) is 7.51. The lowest BCUT2D eigenvalue weighted by Crippen LogP contribution is -2.29. The summed E-state index contributed by atoms with van der Waals surface area (Å²) in [6, 6.07) is 5.06. The summed E-state index contributed by atoms with van der Waals surface area (Å²) >= 11 is 0. The van der Waals surface area contributed by atoms with Crippen molar-refractivity contribution in [1.82, 2.24) is 15.1 Å². The molecule has 5 N–H and O–H groups in total. The van der Waals surface area contributed by atoms with Gasteiger partial charge < -0.3 is 16.8 Å². The number of aliphatic imine (C=N–C) groups is 1. The second-order valence-corrected chi connectivity index (χ2v) is 8.14. The number of hydrogen-bond donors (Lipinski definition) is 3. The number of aryl methyl sites for hydroxylation is 1. The SMILES string of the molecule is C=C(N)C=N/C=C(\N)n1cc(C(=O)NCC(CC(C)C)c2ccc(C(F)(F)F)cc2)c(C)n1. The molecule has 2 aromatic rings. The van der Waals surface area contributed by atoms with Crippen LogP contribution in [0.15, 0.2) is 53.9 Å². The van der Waals surface area contributed by atoms with Crippen molar-refractivity contribution in [2.45, 2.75) is 39.3 Å². The molecule has 1 atom stereocenters. The van der Waals surface area contributed by atoms with E-state index in [2.05, 4.69) is 22.0 Å². The lowest BCUT2D eigenvalue weighted by molar-refractivity contribution is -0.137. The Kier molecular flexibility index (Phi) is 8.44. The number of nitrogens with one attached hydrogen (secondary N) is 1. The van der Waals surface area contributed by atoms with E-state index in [4.69, 9.17) is 11.5 Å². The van der Waals surface area contributed by atoms with Crippen molar-refractivity contribution in [1.29, 1.82) is 0 Å². The smallest absolute Gasteiger partial charge is 0.398 e. The Morgan fingerprint density at radius 3 is 2.45 bits per heavy atom. The molecule has 0 aliphatic heterocycles. The van der Waals surface area contributed by atoms with Crippen LogP contribution >= 0.6 is 0 Å². The standard InChI is InChI=1S/C23H29F3N6O/c1-14(2)9-18(17-5-7-19(8-6-17)23(24,25)26)11-30-22(33)20-13-32(31-16(20)4)21(28)12-29-10-15(3)27/h5-8,10,12-14,18H,3,9,11,27-28H2,1-2,4H3,(H,30,33)/b21-12+,29-10?. The zero-order valence-corrected chi connectivity index (χ0v) is 18.9. The van der Waals surface area contributed by atoms with Gasteiger partial charge in [-0.1, -0.05) is 32.6 Å². The second-order valence-electron chi connectivity index (χ2n) is 8.14. The molecule has 0 bridgehead atoms. The van der Waals surface area contributed by atoms with Crippen LogP contribution in [0.3, 0.4) is 0 Å². The van der Waals surface area contributed by atoms with Crippen molar-refractivity contribution in [2.75, 3.05) is 6.54 Å². The van der Waals surface area contributed by atoms with E-state index in [9.17, 15) is 18.0 Å². The summed E-state index contributed by atoms with van der Waals surface area (Å²) < 4.78 is 40.0. The number of allylic oxidation sites excluding steroid dienone is 1. The van der Waals surface area contributed by atoms with Crippen LogP contribution in [-0.2, 0) is 6.18 Å². The van der Waals surface area contributed by atoms with Crippen LogP contribution in [0.4, 0.5) is 13.2 Å². The average molecular weight is 463 g/mol. The number of rotatable bonds is 9. The molecule has 0 radical (unpaired) electrons. The number of halogens is 3. The number of nitrogens with zero attached hydrogens (tertiary/aromatic N) is 3. The summed E-state index contributed by atoms with van der Waals surface area (Å²) in [6.07, 6.45) is 0.448. The molecular weight excluding hydrogens is 433 g/mol. The van der Waals surface area contributed by atoms with Crippen molar-refractivity contribution in [3.05, 3.63) is 71.3 Å². The van der Waals surface area contributed by atoms with Crippen LogP contribution in [0.1, 0.15) is 53.4 Å². The first-order valence-electron chi connectivity index (χ1n) is 10.3. The van der Waals surface area contributed by atoms with Crippen molar-refractivity contribution in [3.8, 4) is 0 Å². The van der Waals surface area contributed by atoms with Gasteiger partial charge in [0.2, 0.25) is 0 Å². The van der Waals surface area contributed by atoms with Crippen molar-refractivity contribution < 1.29 is 18.0 Å². The monoisotopic (exact) mass is 462 g/mol. The Morgan fingerprint density at radius 1 is 1.27 bits per heavy atom. The van der Waals surface area contributed by atoms with Gasteiger partial charge in [0.05, 0.1) is 23.0 Å². The molecule has 33 heavy (non-hydrogen) atoms. The zero-order valence-electron chi connectivity index (χ0n) is 18.9. The molecule has 1 unspecified atom stereocenters. The maximum Gasteiger partial charge on any atom is 0.416 e. The van der Waals surface area contributed by atoms with Gasteiger partial charge in [0, 0.05) is 30.6 Å². The highest BCUT2D eigenvalue weighted by Gasteiger charge is 2.30. The molecule has 0 aliphatic rings. The number of amides is 1. The van der Waals surface area contributed by atoms with E-state index in [1.165, 1.54) is 35.4 Å². The third-order valence-corrected chi connectivity index (χ3v) is 4.83. The van der Waals surface area contributed by atoms with Gasteiger partial charge in [0.15, 0.2) is 0 Å². The number of aromatic nitrogens is 2. The number of nitrogens with two attached hydrogens (primary N) is 2. The van der Waals surface area contributed by atoms with E-state index in [1.807, 2.05) is 13.8 Å². The highest BCUT2D eigenvalue weighted by molar-refractivity contribution is 5.95. The van der Waals surface area contributed by atoms with E-state index in [-0.39, 0.29) is 35.8 Å². The van der Waals surface area contributed by atoms with Gasteiger partial charge in [-0.2, -0.15) is 18.3 Å². The molecule has 1 amide bonds. The van der Waals surface area contributed by atoms with Crippen LogP contribution in [0.2, 0.25) is 0 Å². The van der Waals surface area contributed by atoms with Gasteiger partial charge in [-0.3, -0.25) is 9.79 Å². The minimum absolute atomic E-state index is 0.143. The quantitative estimate of drug-likeness (QED) is 0.489. The first kappa shape index (κ1) is 25.7. The summed E-state index contributed by atoms with van der Waals surface area (Å²) in [5.74, 6) is -0.0350. The van der Waals surface area contributed by atoms with E-state index in [0.717, 1.165) is 17.7 Å². The summed E-state index contributed by atoms with van der Waals surface area (Å²) in [6.45, 7) is 9.46. The molecule has 0 saturated heterocycles. The fourth-order valence-electron chi connectivity index (χ4n) is 3.25. The molecular formula is C23H29F3N6O. The minimum Gasteiger partial charge on any atom is -0.398 e. The van der Waals surface area contributed by atoms with Gasteiger partial charge in [-0.25, -0.2) is 4.68 Å². The highest BCUT2D eigenvalue weighted by Crippen LogP contribution is 2.31. The number of carbonyl (C=O) groups excluding carboxylic acids is 1. The molecule has 0 saturated carbocycles. The first-order valence-corrected chi connectivity index (χ1v) is 10.3. The van der Waals surface area contributed by atoms with E-state index >= 15 is 0 Å². The Morgan fingerprint density at radius 2 is 1.91 bits per heavy atom. The minimum atomic E-state index is -4.39. The topological polar surface area (TPSA) is 111 Å². The largest absolute Gasteiger partial charge is 0.416 e. The molecule has 0 spiro atoms. The number of alkyl halides is 3. The summed E-state index contributed by atoms with van der Waals surface area (Å²) in [7, 11) is 0. The summed E-state index contributed by atoms with van der Waals surface area (Å²) in [5.41, 5.74) is 12.4. The highest BCUT2D eigenvalue weighted by atomic mass is 19.4. The fraction of sp³-hybridized carbons (Fsp3) is 0.348. The average Bonchev–Trinajstić information content (AvgIpc) is 3.11. The molecule has 2 rings (SSSR count). The number of carbonyl (C=O) groups is 1. The molecule has 10 heteroatoms. The summed E-state index contributed by atoms with van der Waals surface area (Å²) in [5, 5.41) is 7.09. The Labute approximate surface area is 191 Å². The normalized spacial score (nSPS) is 13.5. The van der Waals surface area contributed by atoms with Gasteiger partial charge in [0.1, 0.15) is 5.82 Å². The lowest BCUT2D eigenvalue weighted by atomic mass is 9.89. The fourth-order valence-corrected chi connectivity index (χ4v) is 3.25. The lowest BCUT2D eigenvalue weighted by Gasteiger charge is -2.21. The molecule has 1 aromatic heterocycles. The second kappa shape index (κ2) is 10.8. The maximum atomic E-state index is 12.9. The number of benzene rings is 1. The zero-order chi connectivity index (χ0) is 24.8. The van der Waals surface area contributed by atoms with Crippen LogP contribution < -0.4 is 16.8 Å². The van der Waals surface area contributed by atoms with Gasteiger partial charge in [-0.05, 0) is 37.0 Å². The van der Waals surface area contributed by atoms with E-state index in [0.29, 0.717) is 17.7 Å². The molecule has 1 aromatic carbocycles. The molecule has 1 heterocycles. The van der Waals surface area contributed by atoms with Crippen LogP contribution in [0.25, 0.3) is 5.82 Å². The predicted molar refractivity (Wildman–Crippen MR) is 123 cm³/mol. The van der Waals surface area contributed by atoms with Crippen LogP contribution in [0, 0.1) is 12.8 Å². The van der Waals surface area contributed by atoms with Crippen molar-refractivity contribution in [3.63, 3.8) is 0 Å². The van der Waals surface area contributed by atoms with Gasteiger partial charge in [-0.15, -0.1) is 0 Å². The Bertz CT molecular complexity index is 1040. The molecule has 7 nitrogen and oxygen atoms in total. The van der Waals surface area contributed by atoms with E-state index in [1.54, 1.807) is 6.92 Å². The van der Waals surface area contributed by atoms with Gasteiger partial charge >= 0.3 is 6.18 Å². The van der Waals surface area contributed by atoms with Crippen molar-refractivity contribution in [2.24, 2.45) is 22.4 Å².